The molecular formula is C17H20O2. The predicted octanol–water partition coefficient (Wildman–Crippen LogP) is 3.47. The molecule has 0 radical (unpaired) electrons. The highest BCUT2D eigenvalue weighted by Crippen LogP contribution is 2.45. The summed E-state index contributed by atoms with van der Waals surface area (Å²) in [6.07, 6.45) is 2.32. The monoisotopic (exact) mass is 256 g/mol. The van der Waals surface area contributed by atoms with Gasteiger partial charge in [0.15, 0.2) is 0 Å². The number of aliphatic carboxylic acids is 1. The van der Waals surface area contributed by atoms with Crippen LogP contribution in [0.1, 0.15) is 57.2 Å². The number of rotatable bonds is 0. The average Bonchev–Trinajstić information content (AvgIpc) is 2.32. The van der Waals surface area contributed by atoms with Gasteiger partial charge in [0.05, 0.1) is 0 Å². The van der Waals surface area contributed by atoms with Crippen LogP contribution in [0.2, 0.25) is 0 Å². The van der Waals surface area contributed by atoms with Gasteiger partial charge in [0, 0.05) is 11.5 Å². The first-order valence-corrected chi connectivity index (χ1v) is 6.62. The van der Waals surface area contributed by atoms with E-state index in [0.29, 0.717) is 0 Å². The van der Waals surface area contributed by atoms with Crippen LogP contribution in [-0.4, -0.2) is 11.1 Å². The average molecular weight is 256 g/mol. The highest BCUT2D eigenvalue weighted by Gasteiger charge is 2.36. The molecule has 0 amide bonds. The molecule has 100 valence electrons. The summed E-state index contributed by atoms with van der Waals surface area (Å²) in [6.45, 7) is 9.03. The Morgan fingerprint density at radius 2 is 1.68 bits per heavy atom. The minimum atomic E-state index is -1.09. The first-order valence-electron chi connectivity index (χ1n) is 6.62. The van der Waals surface area contributed by atoms with Gasteiger partial charge in [0.2, 0.25) is 0 Å². The summed E-state index contributed by atoms with van der Waals surface area (Å²) < 4.78 is 0. The second-order valence-electron chi connectivity index (χ2n) is 6.58. The van der Waals surface area contributed by atoms with Crippen LogP contribution >= 0.6 is 0 Å². The van der Waals surface area contributed by atoms with Crippen molar-refractivity contribution in [1.82, 2.24) is 0 Å². The van der Waals surface area contributed by atoms with Crippen LogP contribution in [0.15, 0.2) is 18.2 Å². The first-order chi connectivity index (χ1) is 8.72. The van der Waals surface area contributed by atoms with Gasteiger partial charge in [-0.1, -0.05) is 39.7 Å². The second kappa shape index (κ2) is 4.42. The topological polar surface area (TPSA) is 37.3 Å². The number of benzene rings is 1. The highest BCUT2D eigenvalue weighted by atomic mass is 16.4. The minimum absolute atomic E-state index is 0.131. The Morgan fingerprint density at radius 1 is 1.11 bits per heavy atom. The molecule has 0 spiro atoms. The van der Waals surface area contributed by atoms with E-state index in [-0.39, 0.29) is 10.8 Å². The minimum Gasteiger partial charge on any atom is -0.472 e. The summed E-state index contributed by atoms with van der Waals surface area (Å²) in [5.41, 5.74) is 3.77. The van der Waals surface area contributed by atoms with Gasteiger partial charge < -0.3 is 5.11 Å². The molecule has 1 aromatic rings. The molecule has 0 saturated carbocycles. The lowest BCUT2D eigenvalue weighted by Gasteiger charge is -2.41. The van der Waals surface area contributed by atoms with Crippen molar-refractivity contribution in [3.8, 4) is 11.8 Å². The molecule has 0 unspecified atom stereocenters. The van der Waals surface area contributed by atoms with E-state index < -0.39 is 5.97 Å². The van der Waals surface area contributed by atoms with Crippen molar-refractivity contribution in [3.05, 3.63) is 34.9 Å². The molecular weight excluding hydrogens is 236 g/mol. The second-order valence-corrected chi connectivity index (χ2v) is 6.58. The van der Waals surface area contributed by atoms with Crippen molar-refractivity contribution in [2.24, 2.45) is 0 Å². The summed E-state index contributed by atoms with van der Waals surface area (Å²) >= 11 is 0. The predicted molar refractivity (Wildman–Crippen MR) is 76.2 cm³/mol. The largest absolute Gasteiger partial charge is 0.472 e. The Kier molecular flexibility index (Phi) is 3.18. The van der Waals surface area contributed by atoms with Crippen molar-refractivity contribution < 1.29 is 9.90 Å². The van der Waals surface area contributed by atoms with Gasteiger partial charge >= 0.3 is 5.97 Å². The van der Waals surface area contributed by atoms with Crippen LogP contribution < -0.4 is 0 Å². The van der Waals surface area contributed by atoms with Gasteiger partial charge in [-0.05, 0) is 46.9 Å². The van der Waals surface area contributed by atoms with Crippen LogP contribution in [0.4, 0.5) is 0 Å². The van der Waals surface area contributed by atoms with E-state index >= 15 is 0 Å². The first kappa shape index (κ1) is 13.7. The van der Waals surface area contributed by atoms with E-state index in [0.717, 1.165) is 12.0 Å². The molecule has 19 heavy (non-hydrogen) atoms. The molecule has 0 aromatic heterocycles. The van der Waals surface area contributed by atoms with Gasteiger partial charge in [0.1, 0.15) is 0 Å². The zero-order chi connectivity index (χ0) is 14.3. The quantitative estimate of drug-likeness (QED) is 0.722. The van der Waals surface area contributed by atoms with E-state index in [9.17, 15) is 4.79 Å². The van der Waals surface area contributed by atoms with Gasteiger partial charge in [0.25, 0.3) is 0 Å². The maximum absolute atomic E-state index is 10.5. The summed E-state index contributed by atoms with van der Waals surface area (Å²) in [5.74, 6) is 3.81. The Labute approximate surface area is 114 Å². The fourth-order valence-electron chi connectivity index (χ4n) is 2.79. The number of carboxylic acid groups (broad SMARTS) is 1. The van der Waals surface area contributed by atoms with Crippen molar-refractivity contribution >= 4 is 5.97 Å². The molecule has 1 N–H and O–H groups in total. The van der Waals surface area contributed by atoms with Gasteiger partial charge in [-0.2, -0.15) is 0 Å². The third-order valence-corrected chi connectivity index (χ3v) is 4.17. The van der Waals surface area contributed by atoms with Gasteiger partial charge in [-0.25, -0.2) is 4.79 Å². The van der Waals surface area contributed by atoms with Crippen molar-refractivity contribution in [1.29, 1.82) is 0 Å². The van der Waals surface area contributed by atoms with Crippen LogP contribution in [0.5, 0.6) is 0 Å². The molecule has 0 fully saturated rings. The molecule has 0 atom stereocenters. The Bertz CT molecular complexity index is 583. The molecule has 1 aromatic carbocycles. The molecule has 0 bridgehead atoms. The molecule has 1 aliphatic rings. The molecule has 2 heteroatoms. The summed E-state index contributed by atoms with van der Waals surface area (Å²) in [7, 11) is 0. The SMILES string of the molecule is CC1(C)CCC(C)(C)c2cc(C#CC(=O)O)ccc21. The normalized spacial score (nSPS) is 18.9. The standard InChI is InChI=1S/C17H20O2/c1-16(2)9-10-17(3,4)14-11-12(5-7-13(14)16)6-8-15(18)19/h5,7,11H,9-10H2,1-4H3,(H,18,19). The molecule has 0 aliphatic heterocycles. The maximum atomic E-state index is 10.5. The Balaban J connectivity index is 2.54. The number of carboxylic acids is 1. The molecule has 2 nitrogen and oxygen atoms in total. The summed E-state index contributed by atoms with van der Waals surface area (Å²) in [5, 5.41) is 8.63. The van der Waals surface area contributed by atoms with Gasteiger partial charge in [-0.15, -0.1) is 0 Å². The highest BCUT2D eigenvalue weighted by molar-refractivity contribution is 5.87. The Morgan fingerprint density at radius 3 is 2.26 bits per heavy atom. The van der Waals surface area contributed by atoms with E-state index in [1.165, 1.54) is 17.5 Å². The molecule has 0 heterocycles. The van der Waals surface area contributed by atoms with E-state index in [2.05, 4.69) is 51.7 Å². The van der Waals surface area contributed by atoms with Crippen LogP contribution in [0.3, 0.4) is 0 Å². The van der Waals surface area contributed by atoms with Crippen molar-refractivity contribution in [2.75, 3.05) is 0 Å². The van der Waals surface area contributed by atoms with Crippen LogP contribution in [0, 0.1) is 11.8 Å². The lowest BCUT2D eigenvalue weighted by atomic mass is 9.63. The molecule has 1 aliphatic carbocycles. The third kappa shape index (κ3) is 2.66. The zero-order valence-electron chi connectivity index (χ0n) is 12.0. The number of carbonyl (C=O) groups is 1. The number of hydrogen-bond donors (Lipinski definition) is 1. The smallest absolute Gasteiger partial charge is 0.382 e. The number of fused-ring (bicyclic) bond motifs is 1. The van der Waals surface area contributed by atoms with Crippen LogP contribution in [0.25, 0.3) is 0 Å². The van der Waals surface area contributed by atoms with E-state index in [4.69, 9.17) is 5.11 Å². The lowest BCUT2D eigenvalue weighted by Crippen LogP contribution is -2.33. The lowest BCUT2D eigenvalue weighted by molar-refractivity contribution is -0.130. The fraction of sp³-hybridized carbons (Fsp3) is 0.471. The Hall–Kier alpha value is -1.75. The van der Waals surface area contributed by atoms with Crippen molar-refractivity contribution in [3.63, 3.8) is 0 Å². The summed E-state index contributed by atoms with van der Waals surface area (Å²) in [6, 6.07) is 6.10. The molecule has 2 rings (SSSR count). The maximum Gasteiger partial charge on any atom is 0.382 e. The third-order valence-electron chi connectivity index (χ3n) is 4.17. The van der Waals surface area contributed by atoms with Crippen molar-refractivity contribution in [2.45, 2.75) is 51.4 Å². The van der Waals surface area contributed by atoms with E-state index in [1.54, 1.807) is 0 Å². The molecule has 0 saturated heterocycles. The van der Waals surface area contributed by atoms with E-state index in [1.807, 2.05) is 6.07 Å². The fourth-order valence-corrected chi connectivity index (χ4v) is 2.79. The summed E-state index contributed by atoms with van der Waals surface area (Å²) in [4.78, 5) is 10.5. The van der Waals surface area contributed by atoms with Gasteiger partial charge in [-0.3, -0.25) is 0 Å². The number of hydrogen-bond acceptors (Lipinski definition) is 1. The van der Waals surface area contributed by atoms with Crippen LogP contribution in [-0.2, 0) is 15.6 Å². The zero-order valence-corrected chi connectivity index (χ0v) is 12.0.